The molecule has 0 unspecified atom stereocenters. The van der Waals surface area contributed by atoms with E-state index in [1.54, 1.807) is 12.1 Å². The molecule has 1 aliphatic heterocycles. The van der Waals surface area contributed by atoms with E-state index in [0.717, 1.165) is 5.56 Å². The van der Waals surface area contributed by atoms with Gasteiger partial charge in [-0.05, 0) is 24.1 Å². The highest BCUT2D eigenvalue weighted by Crippen LogP contribution is 2.21. The first kappa shape index (κ1) is 7.86. The van der Waals surface area contributed by atoms with E-state index >= 15 is 0 Å². The summed E-state index contributed by atoms with van der Waals surface area (Å²) in [6, 6.07) is 7.41. The van der Waals surface area contributed by atoms with Crippen molar-refractivity contribution < 1.29 is 9.53 Å². The lowest BCUT2D eigenvalue weighted by Crippen LogP contribution is -2.16. The molecular weight excluding hydrogens is 166 g/mol. The number of nitrogens with two attached hydrogens (primary N) is 1. The average Bonchev–Trinajstić information content (AvgIpc) is 2.28. The van der Waals surface area contributed by atoms with Crippen LogP contribution in [0.25, 0.3) is 0 Å². The monoisotopic (exact) mass is 175 g/mol. The summed E-state index contributed by atoms with van der Waals surface area (Å²) in [5, 5.41) is 0. The van der Waals surface area contributed by atoms with E-state index in [2.05, 4.69) is 0 Å². The van der Waals surface area contributed by atoms with Crippen molar-refractivity contribution in [3.05, 3.63) is 41.6 Å². The Balaban J connectivity index is 2.44. The van der Waals surface area contributed by atoms with Gasteiger partial charge in [0.05, 0.1) is 0 Å². The van der Waals surface area contributed by atoms with Crippen molar-refractivity contribution in [2.24, 2.45) is 5.73 Å². The van der Waals surface area contributed by atoms with Gasteiger partial charge >= 0.3 is 5.97 Å². The van der Waals surface area contributed by atoms with Crippen molar-refractivity contribution in [3.63, 3.8) is 0 Å². The van der Waals surface area contributed by atoms with Crippen molar-refractivity contribution in [2.75, 3.05) is 0 Å². The molecule has 13 heavy (non-hydrogen) atoms. The van der Waals surface area contributed by atoms with Crippen molar-refractivity contribution >= 4 is 5.97 Å². The number of esters is 1. The van der Waals surface area contributed by atoms with Gasteiger partial charge in [0.25, 0.3) is 0 Å². The second kappa shape index (κ2) is 2.94. The zero-order chi connectivity index (χ0) is 9.26. The summed E-state index contributed by atoms with van der Waals surface area (Å²) in [5.41, 5.74) is 6.60. The third-order valence-corrected chi connectivity index (χ3v) is 1.95. The fraction of sp³-hybridized carbons (Fsp3) is 0.100. The van der Waals surface area contributed by atoms with Crippen LogP contribution in [0, 0.1) is 0 Å². The predicted octanol–water partition coefficient (Wildman–Crippen LogP) is 0.991. The van der Waals surface area contributed by atoms with Gasteiger partial charge in [0.15, 0.2) is 0 Å². The van der Waals surface area contributed by atoms with E-state index in [1.165, 1.54) is 0 Å². The van der Waals surface area contributed by atoms with Crippen molar-refractivity contribution in [3.8, 4) is 5.75 Å². The highest BCUT2D eigenvalue weighted by Gasteiger charge is 2.14. The molecule has 3 heteroatoms. The van der Waals surface area contributed by atoms with Crippen molar-refractivity contribution in [1.82, 2.24) is 0 Å². The summed E-state index contributed by atoms with van der Waals surface area (Å²) in [6.45, 7) is 0. The van der Waals surface area contributed by atoms with Gasteiger partial charge in [0.2, 0.25) is 0 Å². The number of fused-ring (bicyclic) bond motifs is 1. The number of hydrogen-bond donors (Lipinski definition) is 1. The normalized spacial score (nSPS) is 15.4. The molecule has 0 atom stereocenters. The Kier molecular flexibility index (Phi) is 1.77. The first-order valence-electron chi connectivity index (χ1n) is 4.03. The predicted molar refractivity (Wildman–Crippen MR) is 48.1 cm³/mol. The van der Waals surface area contributed by atoms with E-state index in [4.69, 9.17) is 10.5 Å². The Bertz CT molecular complexity index is 382. The maximum atomic E-state index is 11.2. The molecule has 0 aliphatic carbocycles. The zero-order valence-corrected chi connectivity index (χ0v) is 6.99. The second-order valence-corrected chi connectivity index (χ2v) is 2.86. The van der Waals surface area contributed by atoms with E-state index in [0.29, 0.717) is 12.2 Å². The third-order valence-electron chi connectivity index (χ3n) is 1.95. The van der Waals surface area contributed by atoms with Crippen LogP contribution < -0.4 is 10.5 Å². The van der Waals surface area contributed by atoms with Crippen LogP contribution in [0.1, 0.15) is 5.56 Å². The summed E-state index contributed by atoms with van der Waals surface area (Å²) in [5.74, 6) is 0.133. The molecule has 2 N–H and O–H groups in total. The van der Waals surface area contributed by atoms with Crippen LogP contribution in [-0.2, 0) is 11.2 Å². The third kappa shape index (κ3) is 1.40. The molecule has 1 aromatic carbocycles. The van der Waals surface area contributed by atoms with Gasteiger partial charge in [-0.2, -0.15) is 0 Å². The summed E-state index contributed by atoms with van der Waals surface area (Å²) in [4.78, 5) is 11.2. The Morgan fingerprint density at radius 2 is 2.08 bits per heavy atom. The number of hydrogen-bond acceptors (Lipinski definition) is 3. The largest absolute Gasteiger partial charge is 0.422 e. The average molecular weight is 175 g/mol. The zero-order valence-electron chi connectivity index (χ0n) is 6.99. The van der Waals surface area contributed by atoms with Crippen LogP contribution in [0.4, 0.5) is 0 Å². The number of benzene rings is 1. The molecule has 2 rings (SSSR count). The minimum Gasteiger partial charge on any atom is -0.422 e. The molecule has 3 nitrogen and oxygen atoms in total. The molecule has 0 amide bonds. The first-order chi connectivity index (χ1) is 6.27. The minimum atomic E-state index is -0.468. The van der Waals surface area contributed by atoms with Crippen molar-refractivity contribution in [2.45, 2.75) is 6.42 Å². The molecule has 1 aromatic rings. The van der Waals surface area contributed by atoms with Crippen LogP contribution >= 0.6 is 0 Å². The maximum Gasteiger partial charge on any atom is 0.359 e. The molecule has 0 fully saturated rings. The number of para-hydroxylation sites is 1. The van der Waals surface area contributed by atoms with Crippen LogP contribution in [0.2, 0.25) is 0 Å². The Hall–Kier alpha value is -1.77. The number of carbonyl (C=O) groups is 1. The van der Waals surface area contributed by atoms with Gasteiger partial charge in [-0.15, -0.1) is 0 Å². The molecule has 1 aliphatic rings. The lowest BCUT2D eigenvalue weighted by molar-refractivity contribution is -0.130. The molecule has 0 radical (unpaired) electrons. The molecule has 1 heterocycles. The van der Waals surface area contributed by atoms with E-state index in [1.807, 2.05) is 18.2 Å². The van der Waals surface area contributed by atoms with Gasteiger partial charge in [0, 0.05) is 0 Å². The van der Waals surface area contributed by atoms with Crippen LogP contribution in [0.5, 0.6) is 5.75 Å². The molecule has 0 bridgehead atoms. The van der Waals surface area contributed by atoms with Gasteiger partial charge in [-0.3, -0.25) is 0 Å². The molecule has 66 valence electrons. The maximum absolute atomic E-state index is 11.2. The lowest BCUT2D eigenvalue weighted by Gasteiger charge is -2.03. The summed E-state index contributed by atoms with van der Waals surface area (Å²) in [6.07, 6.45) is 2.32. The Morgan fingerprint density at radius 1 is 1.31 bits per heavy atom. The number of carbonyl (C=O) groups excluding carboxylic acids is 1. The fourth-order valence-electron chi connectivity index (χ4n) is 1.23. The summed E-state index contributed by atoms with van der Waals surface area (Å²) >= 11 is 0. The molecule has 0 saturated carbocycles. The standard InChI is InChI=1S/C10H9NO2/c11-8-6-5-7-3-1-2-4-9(7)13-10(8)12/h1-4,6H,5,11H2. The summed E-state index contributed by atoms with van der Waals surface area (Å²) in [7, 11) is 0. The molecule has 0 aromatic heterocycles. The number of ether oxygens (including phenoxy) is 1. The van der Waals surface area contributed by atoms with Crippen LogP contribution in [0.3, 0.4) is 0 Å². The Labute approximate surface area is 75.8 Å². The summed E-state index contributed by atoms with van der Waals surface area (Å²) < 4.78 is 5.04. The van der Waals surface area contributed by atoms with Crippen molar-refractivity contribution in [1.29, 1.82) is 0 Å². The van der Waals surface area contributed by atoms with E-state index in [-0.39, 0.29) is 5.70 Å². The highest BCUT2D eigenvalue weighted by molar-refractivity contribution is 5.89. The van der Waals surface area contributed by atoms with Crippen LogP contribution in [0.15, 0.2) is 36.0 Å². The quantitative estimate of drug-likeness (QED) is 0.472. The van der Waals surface area contributed by atoms with Gasteiger partial charge < -0.3 is 10.5 Å². The van der Waals surface area contributed by atoms with Gasteiger partial charge in [-0.1, -0.05) is 18.2 Å². The molecule has 0 spiro atoms. The Morgan fingerprint density at radius 3 is 2.92 bits per heavy atom. The smallest absolute Gasteiger partial charge is 0.359 e. The molecule has 0 saturated heterocycles. The van der Waals surface area contributed by atoms with Crippen LogP contribution in [-0.4, -0.2) is 5.97 Å². The second-order valence-electron chi connectivity index (χ2n) is 2.86. The van der Waals surface area contributed by atoms with Gasteiger partial charge in [-0.25, -0.2) is 4.79 Å². The first-order valence-corrected chi connectivity index (χ1v) is 4.03. The topological polar surface area (TPSA) is 52.3 Å². The fourth-order valence-corrected chi connectivity index (χ4v) is 1.23. The number of rotatable bonds is 0. The minimum absolute atomic E-state index is 0.177. The lowest BCUT2D eigenvalue weighted by atomic mass is 10.1. The number of allylic oxidation sites excluding steroid dienone is 1. The van der Waals surface area contributed by atoms with E-state index < -0.39 is 5.97 Å². The molecular formula is C10H9NO2. The van der Waals surface area contributed by atoms with Gasteiger partial charge in [0.1, 0.15) is 11.4 Å². The SMILES string of the molecule is NC1=CCc2ccccc2OC1=O. The highest BCUT2D eigenvalue weighted by atomic mass is 16.5. The van der Waals surface area contributed by atoms with E-state index in [9.17, 15) is 4.79 Å².